The Morgan fingerprint density at radius 1 is 1.19 bits per heavy atom. The minimum Gasteiger partial charge on any atom is -0.488 e. The molecular weight excluding hydrogens is 222 g/mol. The van der Waals surface area contributed by atoms with Crippen molar-refractivity contribution in [2.24, 2.45) is 0 Å². The summed E-state index contributed by atoms with van der Waals surface area (Å²) >= 11 is 0. The van der Waals surface area contributed by atoms with Crippen LogP contribution in [0.1, 0.15) is 38.8 Å². The first-order valence-electron chi connectivity index (χ1n) is 5.57. The van der Waals surface area contributed by atoms with Crippen LogP contribution < -0.4 is 10.1 Å². The largest absolute Gasteiger partial charge is 0.488 e. The number of benzene rings is 1. The molecule has 1 heterocycles. The summed E-state index contributed by atoms with van der Waals surface area (Å²) in [5.74, 6) is 0.950. The van der Waals surface area contributed by atoms with E-state index >= 15 is 0 Å². The maximum absolute atomic E-state index is 5.77. The van der Waals surface area contributed by atoms with Gasteiger partial charge in [-0.2, -0.15) is 0 Å². The van der Waals surface area contributed by atoms with E-state index in [-0.39, 0.29) is 18.0 Å². The highest BCUT2D eigenvalue weighted by atomic mass is 35.5. The second-order valence-corrected chi connectivity index (χ2v) is 5.08. The summed E-state index contributed by atoms with van der Waals surface area (Å²) in [6.07, 6.45) is 1.25. The van der Waals surface area contributed by atoms with Gasteiger partial charge in [-0.25, -0.2) is 0 Å². The van der Waals surface area contributed by atoms with Crippen LogP contribution in [0, 0.1) is 0 Å². The van der Waals surface area contributed by atoms with Crippen molar-refractivity contribution in [3.63, 3.8) is 0 Å². The number of rotatable bonds is 2. The molecule has 2 rings (SSSR count). The lowest BCUT2D eigenvalue weighted by Gasteiger charge is -2.28. The summed E-state index contributed by atoms with van der Waals surface area (Å²) in [4.78, 5) is 0. The average Bonchev–Trinajstić information content (AvgIpc) is 2.02. The first-order chi connectivity index (χ1) is 7.04. The normalized spacial score (nSPS) is 19.6. The van der Waals surface area contributed by atoms with Crippen LogP contribution >= 0.6 is 12.4 Å². The van der Waals surface area contributed by atoms with Gasteiger partial charge >= 0.3 is 0 Å². The van der Waals surface area contributed by atoms with Gasteiger partial charge in [-0.05, 0) is 51.4 Å². The van der Waals surface area contributed by atoms with Gasteiger partial charge in [-0.3, -0.25) is 0 Å². The fourth-order valence-corrected chi connectivity index (χ4v) is 1.69. The molecule has 1 aliphatic rings. The second kappa shape index (κ2) is 5.07. The Hall–Kier alpha value is -0.730. The van der Waals surface area contributed by atoms with E-state index in [1.54, 1.807) is 0 Å². The van der Waals surface area contributed by atoms with E-state index in [2.05, 4.69) is 50.4 Å². The van der Waals surface area contributed by atoms with Gasteiger partial charge < -0.3 is 10.1 Å². The summed E-state index contributed by atoms with van der Waals surface area (Å²) in [5, 5.41) is 3.39. The van der Waals surface area contributed by atoms with Gasteiger partial charge in [-0.15, -0.1) is 12.4 Å². The Bertz CT molecular complexity index is 325. The lowest BCUT2D eigenvalue weighted by atomic mass is 9.98. The molecule has 1 aromatic rings. The molecule has 90 valence electrons. The lowest BCUT2D eigenvalue weighted by Crippen LogP contribution is -2.34. The zero-order chi connectivity index (χ0) is 10.9. The Morgan fingerprint density at radius 3 is 2.12 bits per heavy atom. The molecule has 0 bridgehead atoms. The van der Waals surface area contributed by atoms with Crippen LogP contribution in [0.5, 0.6) is 5.75 Å². The summed E-state index contributed by atoms with van der Waals surface area (Å²) in [6.45, 7) is 7.34. The van der Waals surface area contributed by atoms with Gasteiger partial charge in [0.25, 0.3) is 0 Å². The van der Waals surface area contributed by atoms with E-state index in [0.717, 1.165) is 12.3 Å². The van der Waals surface area contributed by atoms with Gasteiger partial charge in [-0.1, -0.05) is 12.1 Å². The molecular formula is C13H20ClNO. The van der Waals surface area contributed by atoms with Gasteiger partial charge in [0.05, 0.1) is 0 Å². The van der Waals surface area contributed by atoms with Crippen molar-refractivity contribution in [2.45, 2.75) is 38.8 Å². The number of ether oxygens (including phenoxy) is 1. The molecule has 0 unspecified atom stereocenters. The lowest BCUT2D eigenvalue weighted by molar-refractivity contribution is 0.131. The molecule has 0 aliphatic carbocycles. The highest BCUT2D eigenvalue weighted by Crippen LogP contribution is 2.25. The average molecular weight is 242 g/mol. The van der Waals surface area contributed by atoms with E-state index in [1.807, 2.05) is 0 Å². The Balaban J connectivity index is 0.00000128. The van der Waals surface area contributed by atoms with Crippen LogP contribution in [0.4, 0.5) is 0 Å². The Labute approximate surface area is 104 Å². The molecule has 16 heavy (non-hydrogen) atoms. The predicted octanol–water partition coefficient (Wildman–Crippen LogP) is 3.32. The second-order valence-electron chi connectivity index (χ2n) is 5.08. The topological polar surface area (TPSA) is 21.3 Å². The molecule has 0 radical (unpaired) electrons. The van der Waals surface area contributed by atoms with Crippen molar-refractivity contribution < 1.29 is 4.74 Å². The van der Waals surface area contributed by atoms with Crippen molar-refractivity contribution >= 4 is 12.4 Å². The molecule has 0 spiro atoms. The van der Waals surface area contributed by atoms with E-state index in [9.17, 15) is 0 Å². The highest BCUT2D eigenvalue weighted by molar-refractivity contribution is 5.85. The van der Waals surface area contributed by atoms with Crippen molar-refractivity contribution in [1.29, 1.82) is 0 Å². The molecule has 3 heteroatoms. The minimum atomic E-state index is -0.115. The van der Waals surface area contributed by atoms with Gasteiger partial charge in [0, 0.05) is 6.04 Å². The molecule has 1 aromatic carbocycles. The highest BCUT2D eigenvalue weighted by Gasteiger charge is 2.18. The van der Waals surface area contributed by atoms with Crippen LogP contribution in [-0.2, 0) is 0 Å². The SMILES string of the molecule is CC(C)(C)Oc1ccc([C@H]2CCN2)cc1.Cl. The molecule has 1 aliphatic heterocycles. The van der Waals surface area contributed by atoms with E-state index in [0.29, 0.717) is 6.04 Å². The third kappa shape index (κ3) is 3.39. The molecule has 0 aromatic heterocycles. The van der Waals surface area contributed by atoms with Gasteiger partial charge in [0.15, 0.2) is 0 Å². The van der Waals surface area contributed by atoms with E-state index < -0.39 is 0 Å². The maximum atomic E-state index is 5.77. The fraction of sp³-hybridized carbons (Fsp3) is 0.538. The minimum absolute atomic E-state index is 0. The fourth-order valence-electron chi connectivity index (χ4n) is 1.69. The zero-order valence-electron chi connectivity index (χ0n) is 10.1. The van der Waals surface area contributed by atoms with E-state index in [1.165, 1.54) is 12.0 Å². The van der Waals surface area contributed by atoms with Crippen LogP contribution in [0.15, 0.2) is 24.3 Å². The first kappa shape index (κ1) is 13.3. The summed E-state index contributed by atoms with van der Waals surface area (Å²) < 4.78 is 5.77. The number of hydrogen-bond donors (Lipinski definition) is 1. The molecule has 0 amide bonds. The van der Waals surface area contributed by atoms with Crippen LogP contribution in [0.3, 0.4) is 0 Å². The van der Waals surface area contributed by atoms with Crippen molar-refractivity contribution in [3.8, 4) is 5.75 Å². The molecule has 1 N–H and O–H groups in total. The third-order valence-electron chi connectivity index (χ3n) is 2.53. The Kier molecular flexibility index (Phi) is 4.22. The molecule has 1 atom stereocenters. The summed E-state index contributed by atoms with van der Waals surface area (Å²) in [5.41, 5.74) is 1.25. The summed E-state index contributed by atoms with van der Waals surface area (Å²) in [6, 6.07) is 8.98. The number of hydrogen-bond acceptors (Lipinski definition) is 2. The zero-order valence-corrected chi connectivity index (χ0v) is 10.9. The maximum Gasteiger partial charge on any atom is 0.120 e. The molecule has 1 fully saturated rings. The standard InChI is InChI=1S/C13H19NO.ClH/c1-13(2,3)15-11-6-4-10(5-7-11)12-8-9-14-12;/h4-7,12,14H,8-9H2,1-3H3;1H/t12-;/m1./s1. The molecule has 0 saturated carbocycles. The van der Waals surface area contributed by atoms with Crippen LogP contribution in [0.2, 0.25) is 0 Å². The number of halogens is 1. The molecule has 1 saturated heterocycles. The Morgan fingerprint density at radius 2 is 1.75 bits per heavy atom. The first-order valence-corrected chi connectivity index (χ1v) is 5.57. The van der Waals surface area contributed by atoms with Gasteiger partial charge in [0.2, 0.25) is 0 Å². The van der Waals surface area contributed by atoms with E-state index in [4.69, 9.17) is 4.74 Å². The van der Waals surface area contributed by atoms with Crippen LogP contribution in [-0.4, -0.2) is 12.1 Å². The van der Waals surface area contributed by atoms with Crippen molar-refractivity contribution in [1.82, 2.24) is 5.32 Å². The van der Waals surface area contributed by atoms with Gasteiger partial charge in [0.1, 0.15) is 11.4 Å². The smallest absolute Gasteiger partial charge is 0.120 e. The summed E-state index contributed by atoms with van der Waals surface area (Å²) in [7, 11) is 0. The predicted molar refractivity (Wildman–Crippen MR) is 69.4 cm³/mol. The quantitative estimate of drug-likeness (QED) is 0.858. The monoisotopic (exact) mass is 241 g/mol. The third-order valence-corrected chi connectivity index (χ3v) is 2.53. The van der Waals surface area contributed by atoms with Crippen molar-refractivity contribution in [3.05, 3.63) is 29.8 Å². The number of nitrogens with one attached hydrogen (secondary N) is 1. The van der Waals surface area contributed by atoms with Crippen LogP contribution in [0.25, 0.3) is 0 Å². The van der Waals surface area contributed by atoms with Crippen molar-refractivity contribution in [2.75, 3.05) is 6.54 Å². The molecule has 2 nitrogen and oxygen atoms in total.